The van der Waals surface area contributed by atoms with Crippen molar-refractivity contribution in [3.05, 3.63) is 0 Å². The lowest BCUT2D eigenvalue weighted by atomic mass is 10.1. The first kappa shape index (κ1) is 13.4. The molecule has 0 bridgehead atoms. The summed E-state index contributed by atoms with van der Waals surface area (Å²) < 4.78 is 0. The summed E-state index contributed by atoms with van der Waals surface area (Å²) >= 11 is 3.46. The lowest BCUT2D eigenvalue weighted by Crippen LogP contribution is -2.40. The molecule has 0 aliphatic carbocycles. The fraction of sp³-hybridized carbons (Fsp3) is 1.00. The number of hydrogen-bond acceptors (Lipinski definition) is 2. The topological polar surface area (TPSA) is 23.5 Å². The van der Waals surface area contributed by atoms with Crippen LogP contribution in [0.25, 0.3) is 0 Å². The van der Waals surface area contributed by atoms with Crippen LogP contribution in [0.1, 0.15) is 27.7 Å². The summed E-state index contributed by atoms with van der Waals surface area (Å²) in [5.41, 5.74) is -0.581. The van der Waals surface area contributed by atoms with Crippen LogP contribution in [0.4, 0.5) is 0 Å². The van der Waals surface area contributed by atoms with Gasteiger partial charge in [0, 0.05) is 18.4 Å². The highest BCUT2D eigenvalue weighted by Crippen LogP contribution is 2.08. The van der Waals surface area contributed by atoms with Gasteiger partial charge in [-0.1, -0.05) is 29.8 Å². The van der Waals surface area contributed by atoms with Crippen LogP contribution in [0.3, 0.4) is 0 Å². The number of halogens is 1. The van der Waals surface area contributed by atoms with Crippen LogP contribution in [0.2, 0.25) is 0 Å². The van der Waals surface area contributed by atoms with E-state index < -0.39 is 5.60 Å². The van der Waals surface area contributed by atoms with Gasteiger partial charge in [-0.05, 0) is 26.3 Å². The molecule has 2 nitrogen and oxygen atoms in total. The second kappa shape index (κ2) is 5.99. The Balaban J connectivity index is 3.89. The van der Waals surface area contributed by atoms with Gasteiger partial charge < -0.3 is 10.0 Å². The zero-order chi connectivity index (χ0) is 10.5. The summed E-state index contributed by atoms with van der Waals surface area (Å²) in [6.45, 7) is 10.9. The molecule has 3 heteroatoms. The number of alkyl halides is 1. The molecule has 0 fully saturated rings. The Hall–Kier alpha value is 0.400. The Morgan fingerprint density at radius 2 is 2.00 bits per heavy atom. The first-order valence-corrected chi connectivity index (χ1v) is 6.02. The average molecular weight is 252 g/mol. The Morgan fingerprint density at radius 1 is 1.46 bits per heavy atom. The van der Waals surface area contributed by atoms with Crippen LogP contribution in [-0.4, -0.2) is 40.6 Å². The van der Waals surface area contributed by atoms with Crippen molar-refractivity contribution in [1.29, 1.82) is 0 Å². The van der Waals surface area contributed by atoms with Crippen LogP contribution >= 0.6 is 15.9 Å². The monoisotopic (exact) mass is 251 g/mol. The smallest absolute Gasteiger partial charge is 0.0718 e. The van der Waals surface area contributed by atoms with Gasteiger partial charge in [-0.15, -0.1) is 0 Å². The van der Waals surface area contributed by atoms with Gasteiger partial charge >= 0.3 is 0 Å². The molecule has 0 aromatic rings. The highest BCUT2D eigenvalue weighted by Gasteiger charge is 2.18. The molecule has 1 N–H and O–H groups in total. The van der Waals surface area contributed by atoms with Crippen molar-refractivity contribution in [2.24, 2.45) is 5.92 Å². The van der Waals surface area contributed by atoms with E-state index in [0.717, 1.165) is 25.0 Å². The van der Waals surface area contributed by atoms with Gasteiger partial charge in [0.15, 0.2) is 0 Å². The molecule has 0 saturated carbocycles. The van der Waals surface area contributed by atoms with Crippen molar-refractivity contribution < 1.29 is 5.11 Å². The highest BCUT2D eigenvalue weighted by atomic mass is 79.9. The molecule has 0 amide bonds. The van der Waals surface area contributed by atoms with E-state index in [2.05, 4.69) is 34.7 Å². The number of nitrogens with zero attached hydrogens (tertiary/aromatic N) is 1. The Kier molecular flexibility index (Phi) is 6.18. The van der Waals surface area contributed by atoms with E-state index in [1.807, 2.05) is 13.8 Å². The maximum atomic E-state index is 9.65. The normalized spacial score (nSPS) is 15.0. The molecular weight excluding hydrogens is 230 g/mol. The molecule has 0 aromatic heterocycles. The van der Waals surface area contributed by atoms with E-state index in [-0.39, 0.29) is 0 Å². The summed E-state index contributed by atoms with van der Waals surface area (Å²) in [6, 6.07) is 0. The number of likely N-dealkylation sites (N-methyl/N-ethyl adjacent to an activating group) is 1. The third-order valence-corrected chi connectivity index (χ3v) is 3.00. The van der Waals surface area contributed by atoms with Crippen LogP contribution in [0.15, 0.2) is 0 Å². The van der Waals surface area contributed by atoms with Gasteiger partial charge in [0.05, 0.1) is 5.60 Å². The Labute approximate surface area is 90.4 Å². The zero-order valence-electron chi connectivity index (χ0n) is 9.18. The summed E-state index contributed by atoms with van der Waals surface area (Å²) in [6.07, 6.45) is 0. The van der Waals surface area contributed by atoms with Crippen molar-refractivity contribution in [3.63, 3.8) is 0 Å². The van der Waals surface area contributed by atoms with Gasteiger partial charge in [-0.2, -0.15) is 0 Å². The van der Waals surface area contributed by atoms with Gasteiger partial charge in [-0.3, -0.25) is 0 Å². The Bertz CT molecular complexity index is 133. The van der Waals surface area contributed by atoms with Crippen LogP contribution < -0.4 is 0 Å². The van der Waals surface area contributed by atoms with Crippen molar-refractivity contribution in [2.45, 2.75) is 33.3 Å². The minimum absolute atomic E-state index is 0.581. The fourth-order valence-electron chi connectivity index (χ4n) is 1.34. The quantitative estimate of drug-likeness (QED) is 0.732. The average Bonchev–Trinajstić information content (AvgIpc) is 2.00. The zero-order valence-corrected chi connectivity index (χ0v) is 10.8. The minimum atomic E-state index is -0.581. The second-order valence-corrected chi connectivity index (χ2v) is 5.05. The van der Waals surface area contributed by atoms with Gasteiger partial charge in [0.25, 0.3) is 0 Å². The maximum Gasteiger partial charge on any atom is 0.0718 e. The van der Waals surface area contributed by atoms with E-state index in [4.69, 9.17) is 0 Å². The van der Waals surface area contributed by atoms with Crippen LogP contribution in [0.5, 0.6) is 0 Å². The molecule has 0 spiro atoms. The summed E-state index contributed by atoms with van der Waals surface area (Å²) in [7, 11) is 0. The molecule has 0 heterocycles. The fourth-order valence-corrected chi connectivity index (χ4v) is 1.55. The lowest BCUT2D eigenvalue weighted by Gasteiger charge is -2.29. The molecule has 80 valence electrons. The first-order valence-electron chi connectivity index (χ1n) is 4.89. The highest BCUT2D eigenvalue weighted by molar-refractivity contribution is 9.09. The van der Waals surface area contributed by atoms with Gasteiger partial charge in [0.2, 0.25) is 0 Å². The predicted molar refractivity (Wildman–Crippen MR) is 61.4 cm³/mol. The van der Waals surface area contributed by atoms with E-state index in [1.54, 1.807) is 0 Å². The summed E-state index contributed by atoms with van der Waals surface area (Å²) in [5, 5.41) is 10.7. The number of hydrogen-bond donors (Lipinski definition) is 1. The molecule has 0 aliphatic heterocycles. The summed E-state index contributed by atoms with van der Waals surface area (Å²) in [4.78, 5) is 2.28. The number of rotatable bonds is 6. The summed E-state index contributed by atoms with van der Waals surface area (Å²) in [5.74, 6) is 0.641. The van der Waals surface area contributed by atoms with Crippen molar-refractivity contribution in [2.75, 3.05) is 25.0 Å². The van der Waals surface area contributed by atoms with E-state index in [9.17, 15) is 5.11 Å². The van der Waals surface area contributed by atoms with Gasteiger partial charge in [-0.25, -0.2) is 0 Å². The lowest BCUT2D eigenvalue weighted by molar-refractivity contribution is 0.0346. The van der Waals surface area contributed by atoms with Crippen molar-refractivity contribution in [1.82, 2.24) is 4.90 Å². The molecule has 1 unspecified atom stereocenters. The van der Waals surface area contributed by atoms with Crippen molar-refractivity contribution in [3.8, 4) is 0 Å². The molecule has 13 heavy (non-hydrogen) atoms. The van der Waals surface area contributed by atoms with E-state index >= 15 is 0 Å². The molecule has 0 aromatic carbocycles. The van der Waals surface area contributed by atoms with Crippen LogP contribution in [-0.2, 0) is 0 Å². The van der Waals surface area contributed by atoms with Crippen molar-refractivity contribution >= 4 is 15.9 Å². The molecule has 0 saturated heterocycles. The van der Waals surface area contributed by atoms with E-state index in [0.29, 0.717) is 5.92 Å². The second-order valence-electron chi connectivity index (χ2n) is 4.40. The van der Waals surface area contributed by atoms with Gasteiger partial charge in [0.1, 0.15) is 0 Å². The molecule has 0 radical (unpaired) electrons. The largest absolute Gasteiger partial charge is 0.389 e. The SMILES string of the molecule is CCN(CC(C)CBr)CC(C)(C)O. The molecule has 0 rings (SSSR count). The van der Waals surface area contributed by atoms with E-state index in [1.165, 1.54) is 0 Å². The molecular formula is C10H22BrNO. The molecule has 0 aliphatic rings. The standard InChI is InChI=1S/C10H22BrNO/c1-5-12(7-9(2)6-11)8-10(3,4)13/h9,13H,5-8H2,1-4H3. The Morgan fingerprint density at radius 3 is 2.31 bits per heavy atom. The predicted octanol–water partition coefficient (Wildman–Crippen LogP) is 2.11. The first-order chi connectivity index (χ1) is 5.89. The minimum Gasteiger partial charge on any atom is -0.389 e. The maximum absolute atomic E-state index is 9.65. The third kappa shape index (κ3) is 7.47. The molecule has 1 atom stereocenters. The van der Waals surface area contributed by atoms with Crippen LogP contribution in [0, 0.1) is 5.92 Å². The third-order valence-electron chi connectivity index (χ3n) is 1.89. The number of aliphatic hydroxyl groups is 1.